The first-order chi connectivity index (χ1) is 13.9. The van der Waals surface area contributed by atoms with Crippen LogP contribution in [-0.2, 0) is 0 Å². The van der Waals surface area contributed by atoms with Crippen LogP contribution in [0.3, 0.4) is 0 Å². The Morgan fingerprint density at radius 1 is 1.10 bits per heavy atom. The third kappa shape index (κ3) is 3.23. The number of benzene rings is 2. The van der Waals surface area contributed by atoms with Gasteiger partial charge in [0.25, 0.3) is 0 Å². The standard InChI is InChI=1S/C24H28ClN3O/c1-16(2)27-12-10-24(11-13-27)28-22(20-14-17(3)4-9-23(20)29-24)15-21(26-28)18-5-7-19(25)8-6-18/h4-9,14,16,22H,10-13,15H2,1-3H3/t22-/m1/s1. The van der Waals surface area contributed by atoms with Gasteiger partial charge in [-0.15, -0.1) is 0 Å². The van der Waals surface area contributed by atoms with Gasteiger partial charge in [0.2, 0.25) is 5.72 Å². The molecule has 5 heteroatoms. The molecule has 0 unspecified atom stereocenters. The Labute approximate surface area is 178 Å². The molecule has 0 N–H and O–H groups in total. The first-order valence-corrected chi connectivity index (χ1v) is 11.0. The number of halogens is 1. The number of nitrogens with zero attached hydrogens (tertiary/aromatic N) is 3. The molecule has 0 saturated carbocycles. The summed E-state index contributed by atoms with van der Waals surface area (Å²) in [7, 11) is 0. The molecule has 3 heterocycles. The highest BCUT2D eigenvalue weighted by Crippen LogP contribution is 2.50. The first kappa shape index (κ1) is 19.0. The Hall–Kier alpha value is -2.04. The van der Waals surface area contributed by atoms with Crippen LogP contribution < -0.4 is 4.74 Å². The Balaban J connectivity index is 1.54. The van der Waals surface area contributed by atoms with Gasteiger partial charge in [-0.25, -0.2) is 5.01 Å². The molecule has 1 spiro atoms. The molecule has 5 rings (SSSR count). The zero-order chi connectivity index (χ0) is 20.2. The van der Waals surface area contributed by atoms with Crippen LogP contribution in [0.2, 0.25) is 5.02 Å². The minimum atomic E-state index is -0.355. The summed E-state index contributed by atoms with van der Waals surface area (Å²) in [5, 5.41) is 8.19. The van der Waals surface area contributed by atoms with Gasteiger partial charge in [0.1, 0.15) is 5.75 Å². The third-order valence-electron chi connectivity index (χ3n) is 6.64. The summed E-state index contributed by atoms with van der Waals surface area (Å²) in [6.45, 7) is 8.76. The summed E-state index contributed by atoms with van der Waals surface area (Å²) in [4.78, 5) is 2.54. The topological polar surface area (TPSA) is 28.1 Å². The molecule has 1 saturated heterocycles. The van der Waals surface area contributed by atoms with E-state index >= 15 is 0 Å². The van der Waals surface area contributed by atoms with E-state index in [1.54, 1.807) is 0 Å². The second-order valence-corrected chi connectivity index (χ2v) is 9.27. The Bertz CT molecular complexity index is 945. The zero-order valence-corrected chi connectivity index (χ0v) is 18.1. The van der Waals surface area contributed by atoms with E-state index < -0.39 is 0 Å². The van der Waals surface area contributed by atoms with Crippen molar-refractivity contribution >= 4 is 17.3 Å². The molecule has 0 radical (unpaired) electrons. The van der Waals surface area contributed by atoms with Crippen molar-refractivity contribution in [3.63, 3.8) is 0 Å². The molecular formula is C24H28ClN3O. The lowest BCUT2D eigenvalue weighted by molar-refractivity contribution is -0.152. The van der Waals surface area contributed by atoms with Gasteiger partial charge in [-0.05, 0) is 44.5 Å². The van der Waals surface area contributed by atoms with Crippen molar-refractivity contribution in [2.75, 3.05) is 13.1 Å². The monoisotopic (exact) mass is 409 g/mol. The summed E-state index contributed by atoms with van der Waals surface area (Å²) in [5.41, 5.74) is 4.43. The smallest absolute Gasteiger partial charge is 0.200 e. The van der Waals surface area contributed by atoms with Crippen molar-refractivity contribution in [3.8, 4) is 5.75 Å². The van der Waals surface area contributed by atoms with E-state index in [2.05, 4.69) is 61.0 Å². The van der Waals surface area contributed by atoms with E-state index in [9.17, 15) is 0 Å². The van der Waals surface area contributed by atoms with Crippen LogP contribution >= 0.6 is 11.6 Å². The highest BCUT2D eigenvalue weighted by molar-refractivity contribution is 6.30. The van der Waals surface area contributed by atoms with Gasteiger partial charge in [-0.1, -0.05) is 41.4 Å². The van der Waals surface area contributed by atoms with Gasteiger partial charge in [-0.2, -0.15) is 5.10 Å². The molecule has 1 fully saturated rings. The van der Waals surface area contributed by atoms with Crippen molar-refractivity contribution in [2.45, 2.75) is 57.8 Å². The maximum atomic E-state index is 6.73. The number of fused-ring (bicyclic) bond motifs is 4. The fourth-order valence-electron chi connectivity index (χ4n) is 4.94. The summed E-state index contributed by atoms with van der Waals surface area (Å²) in [6.07, 6.45) is 2.83. The molecule has 29 heavy (non-hydrogen) atoms. The van der Waals surface area contributed by atoms with Crippen LogP contribution in [0.25, 0.3) is 0 Å². The average molecular weight is 410 g/mol. The number of piperidine rings is 1. The minimum absolute atomic E-state index is 0.231. The van der Waals surface area contributed by atoms with Gasteiger partial charge < -0.3 is 9.64 Å². The van der Waals surface area contributed by atoms with Gasteiger partial charge in [0.05, 0.1) is 11.8 Å². The SMILES string of the molecule is Cc1ccc2c(c1)[C@H]1CC(c3ccc(Cl)cc3)=NN1C1(CCN(C(C)C)CC1)O2. The van der Waals surface area contributed by atoms with E-state index in [-0.39, 0.29) is 11.8 Å². The Morgan fingerprint density at radius 3 is 2.52 bits per heavy atom. The van der Waals surface area contributed by atoms with Crippen molar-refractivity contribution < 1.29 is 4.74 Å². The summed E-state index contributed by atoms with van der Waals surface area (Å²) in [5.74, 6) is 1.03. The molecule has 2 aromatic rings. The lowest BCUT2D eigenvalue weighted by Gasteiger charge is -2.51. The Morgan fingerprint density at radius 2 is 1.83 bits per heavy atom. The molecule has 4 nitrogen and oxygen atoms in total. The number of likely N-dealkylation sites (tertiary alicyclic amines) is 1. The molecule has 152 valence electrons. The second kappa shape index (κ2) is 7.03. The number of hydrazone groups is 1. The van der Waals surface area contributed by atoms with Gasteiger partial charge >= 0.3 is 0 Å². The van der Waals surface area contributed by atoms with Crippen LogP contribution in [0.15, 0.2) is 47.6 Å². The lowest BCUT2D eigenvalue weighted by Crippen LogP contribution is -2.59. The fourth-order valence-corrected chi connectivity index (χ4v) is 5.06. The number of hydrogen-bond donors (Lipinski definition) is 0. The quantitative estimate of drug-likeness (QED) is 0.665. The Kier molecular flexibility index (Phi) is 4.60. The summed E-state index contributed by atoms with van der Waals surface area (Å²) >= 11 is 6.11. The van der Waals surface area contributed by atoms with Gasteiger partial charge in [0.15, 0.2) is 0 Å². The number of hydrogen-bond acceptors (Lipinski definition) is 4. The van der Waals surface area contributed by atoms with Gasteiger partial charge in [-0.3, -0.25) is 0 Å². The normalized spacial score (nSPS) is 23.0. The predicted molar refractivity (Wildman–Crippen MR) is 118 cm³/mol. The largest absolute Gasteiger partial charge is 0.466 e. The second-order valence-electron chi connectivity index (χ2n) is 8.84. The maximum absolute atomic E-state index is 6.73. The van der Waals surface area contributed by atoms with Crippen LogP contribution in [0.5, 0.6) is 5.75 Å². The molecular weight excluding hydrogens is 382 g/mol. The number of rotatable bonds is 2. The first-order valence-electron chi connectivity index (χ1n) is 10.6. The predicted octanol–water partition coefficient (Wildman–Crippen LogP) is 5.39. The van der Waals surface area contributed by atoms with E-state index in [0.29, 0.717) is 6.04 Å². The highest BCUT2D eigenvalue weighted by atomic mass is 35.5. The van der Waals surface area contributed by atoms with Crippen LogP contribution in [-0.4, -0.2) is 40.5 Å². The molecule has 3 aliphatic rings. The molecule has 0 aromatic heterocycles. The van der Waals surface area contributed by atoms with Crippen molar-refractivity contribution in [2.24, 2.45) is 5.10 Å². The fraction of sp³-hybridized carbons (Fsp3) is 0.458. The lowest BCUT2D eigenvalue weighted by atomic mass is 9.90. The van der Waals surface area contributed by atoms with Crippen molar-refractivity contribution in [1.82, 2.24) is 9.91 Å². The number of ether oxygens (including phenoxy) is 1. The van der Waals surface area contributed by atoms with Crippen molar-refractivity contribution in [3.05, 3.63) is 64.2 Å². The van der Waals surface area contributed by atoms with Crippen LogP contribution in [0.4, 0.5) is 0 Å². The summed E-state index contributed by atoms with van der Waals surface area (Å²) < 4.78 is 6.73. The van der Waals surface area contributed by atoms with E-state index in [1.807, 2.05) is 12.1 Å². The van der Waals surface area contributed by atoms with E-state index in [1.165, 1.54) is 11.1 Å². The molecule has 0 amide bonds. The molecule has 2 aromatic carbocycles. The number of aryl methyl sites for hydroxylation is 1. The summed E-state index contributed by atoms with van der Waals surface area (Å²) in [6, 6.07) is 15.4. The van der Waals surface area contributed by atoms with Gasteiger partial charge in [0, 0.05) is 49.0 Å². The van der Waals surface area contributed by atoms with Crippen LogP contribution in [0.1, 0.15) is 55.8 Å². The zero-order valence-electron chi connectivity index (χ0n) is 17.4. The maximum Gasteiger partial charge on any atom is 0.200 e. The van der Waals surface area contributed by atoms with Crippen LogP contribution in [0, 0.1) is 6.92 Å². The van der Waals surface area contributed by atoms with Crippen molar-refractivity contribution in [1.29, 1.82) is 0 Å². The minimum Gasteiger partial charge on any atom is -0.466 e. The highest BCUT2D eigenvalue weighted by Gasteiger charge is 2.51. The molecule has 1 atom stereocenters. The third-order valence-corrected chi connectivity index (χ3v) is 6.89. The molecule has 0 bridgehead atoms. The molecule has 0 aliphatic carbocycles. The van der Waals surface area contributed by atoms with E-state index in [4.69, 9.17) is 21.4 Å². The average Bonchev–Trinajstić information content (AvgIpc) is 3.16. The van der Waals surface area contributed by atoms with E-state index in [0.717, 1.165) is 54.4 Å². The molecule has 3 aliphatic heterocycles.